The molecule has 0 radical (unpaired) electrons. The molecule has 8 nitrogen and oxygen atoms in total. The van der Waals surface area contributed by atoms with Crippen LogP contribution in [0.15, 0.2) is 24.3 Å². The fraction of sp³-hybridized carbons (Fsp3) is 0.375. The first-order valence-electron chi connectivity index (χ1n) is 10.8. The Kier molecular flexibility index (Phi) is 7.83. The van der Waals surface area contributed by atoms with Crippen LogP contribution < -0.4 is 10.6 Å². The number of ether oxygens (including phenoxy) is 2. The van der Waals surface area contributed by atoms with Gasteiger partial charge in [-0.25, -0.2) is 4.79 Å². The van der Waals surface area contributed by atoms with E-state index in [-0.39, 0.29) is 24.8 Å². The maximum atomic E-state index is 12.6. The standard InChI is InChI=1S/C24H29N3O5/c1-4-9-31-10-8-25-22(28)13-16-6-7-20-17(12-16)18(23(29)27-20)14-21-19(11-15(3)26-21)24(30)32-5-2/h6-7,11-12,14,26H,4-5,8-10,13H2,1-3H3,(H,25,28)(H,27,29)/b18-14-. The van der Waals surface area contributed by atoms with Gasteiger partial charge in [0.1, 0.15) is 0 Å². The molecule has 32 heavy (non-hydrogen) atoms. The first-order valence-corrected chi connectivity index (χ1v) is 10.8. The van der Waals surface area contributed by atoms with Gasteiger partial charge in [-0.2, -0.15) is 0 Å². The topological polar surface area (TPSA) is 110 Å². The van der Waals surface area contributed by atoms with Gasteiger partial charge in [-0.1, -0.05) is 13.0 Å². The van der Waals surface area contributed by atoms with Crippen molar-refractivity contribution in [3.63, 3.8) is 0 Å². The monoisotopic (exact) mass is 439 g/mol. The summed E-state index contributed by atoms with van der Waals surface area (Å²) in [5.74, 6) is -0.829. The average molecular weight is 440 g/mol. The van der Waals surface area contributed by atoms with Gasteiger partial charge in [0.05, 0.1) is 36.5 Å². The van der Waals surface area contributed by atoms with Crippen LogP contribution in [0.25, 0.3) is 11.6 Å². The lowest BCUT2D eigenvalue weighted by Crippen LogP contribution is -2.28. The third-order valence-electron chi connectivity index (χ3n) is 4.92. The number of amides is 2. The van der Waals surface area contributed by atoms with Crippen molar-refractivity contribution < 1.29 is 23.9 Å². The number of carbonyl (C=O) groups excluding carboxylic acids is 3. The Morgan fingerprint density at radius 2 is 1.97 bits per heavy atom. The third kappa shape index (κ3) is 5.64. The van der Waals surface area contributed by atoms with Crippen LogP contribution in [0.3, 0.4) is 0 Å². The molecule has 0 bridgehead atoms. The number of anilines is 1. The number of hydrogen-bond donors (Lipinski definition) is 3. The van der Waals surface area contributed by atoms with Gasteiger partial charge < -0.3 is 25.1 Å². The summed E-state index contributed by atoms with van der Waals surface area (Å²) in [7, 11) is 0. The van der Waals surface area contributed by atoms with Crippen LogP contribution in [0, 0.1) is 6.92 Å². The Labute approximate surface area is 187 Å². The number of rotatable bonds is 10. The fourth-order valence-corrected chi connectivity index (χ4v) is 3.49. The van der Waals surface area contributed by atoms with Crippen LogP contribution in [0.2, 0.25) is 0 Å². The lowest BCUT2D eigenvalue weighted by atomic mass is 10.0. The van der Waals surface area contributed by atoms with Crippen LogP contribution >= 0.6 is 0 Å². The number of aromatic amines is 1. The van der Waals surface area contributed by atoms with Gasteiger partial charge in [0.25, 0.3) is 5.91 Å². The fourth-order valence-electron chi connectivity index (χ4n) is 3.49. The van der Waals surface area contributed by atoms with Crippen LogP contribution in [0.1, 0.15) is 53.1 Å². The minimum Gasteiger partial charge on any atom is -0.462 e. The number of aromatic nitrogens is 1. The molecular formula is C24H29N3O5. The highest BCUT2D eigenvalue weighted by molar-refractivity contribution is 6.35. The van der Waals surface area contributed by atoms with Crippen LogP contribution in [-0.2, 0) is 25.5 Å². The molecule has 1 aromatic carbocycles. The summed E-state index contributed by atoms with van der Waals surface area (Å²) in [5.41, 5.74) is 4.22. The van der Waals surface area contributed by atoms with Crippen molar-refractivity contribution in [2.75, 3.05) is 31.7 Å². The Morgan fingerprint density at radius 1 is 1.16 bits per heavy atom. The van der Waals surface area contributed by atoms with Gasteiger partial charge in [-0.15, -0.1) is 0 Å². The Hall–Kier alpha value is -3.39. The number of carbonyl (C=O) groups is 3. The molecule has 0 unspecified atom stereocenters. The van der Waals surface area contributed by atoms with Crippen molar-refractivity contribution in [3.05, 3.63) is 52.3 Å². The van der Waals surface area contributed by atoms with Gasteiger partial charge in [-0.05, 0) is 50.1 Å². The molecule has 0 aliphatic carbocycles. The van der Waals surface area contributed by atoms with Gasteiger partial charge in [0, 0.05) is 30.1 Å². The van der Waals surface area contributed by atoms with E-state index in [2.05, 4.69) is 15.6 Å². The second kappa shape index (κ2) is 10.8. The summed E-state index contributed by atoms with van der Waals surface area (Å²) in [6.07, 6.45) is 2.78. The van der Waals surface area contributed by atoms with Crippen molar-refractivity contribution in [2.24, 2.45) is 0 Å². The van der Waals surface area contributed by atoms with E-state index in [9.17, 15) is 14.4 Å². The zero-order valence-electron chi connectivity index (χ0n) is 18.7. The predicted octanol–water partition coefficient (Wildman–Crippen LogP) is 3.08. The molecule has 3 N–H and O–H groups in total. The largest absolute Gasteiger partial charge is 0.462 e. The van der Waals surface area contributed by atoms with E-state index in [1.807, 2.05) is 26.0 Å². The summed E-state index contributed by atoms with van der Waals surface area (Å²) in [6, 6.07) is 7.13. The number of esters is 1. The highest BCUT2D eigenvalue weighted by atomic mass is 16.5. The summed E-state index contributed by atoms with van der Waals surface area (Å²) in [5, 5.41) is 5.66. The molecule has 0 saturated heterocycles. The van der Waals surface area contributed by atoms with Crippen molar-refractivity contribution in [2.45, 2.75) is 33.6 Å². The molecule has 170 valence electrons. The molecule has 0 fully saturated rings. The number of H-pyrrole nitrogens is 1. The van der Waals surface area contributed by atoms with E-state index in [4.69, 9.17) is 9.47 Å². The Bertz CT molecular complexity index is 1040. The minimum atomic E-state index is -0.448. The number of hydrogen-bond acceptors (Lipinski definition) is 5. The summed E-state index contributed by atoms with van der Waals surface area (Å²) < 4.78 is 10.5. The van der Waals surface area contributed by atoms with Gasteiger partial charge in [0.15, 0.2) is 0 Å². The lowest BCUT2D eigenvalue weighted by molar-refractivity contribution is -0.120. The summed E-state index contributed by atoms with van der Waals surface area (Å²) >= 11 is 0. The van der Waals surface area contributed by atoms with Gasteiger partial charge >= 0.3 is 5.97 Å². The van der Waals surface area contributed by atoms with Crippen LogP contribution in [0.4, 0.5) is 5.69 Å². The zero-order valence-corrected chi connectivity index (χ0v) is 18.7. The Balaban J connectivity index is 1.78. The lowest BCUT2D eigenvalue weighted by Gasteiger charge is -2.07. The van der Waals surface area contributed by atoms with Crippen LogP contribution in [0.5, 0.6) is 0 Å². The molecule has 1 aliphatic heterocycles. The minimum absolute atomic E-state index is 0.113. The molecule has 2 aromatic rings. The zero-order chi connectivity index (χ0) is 23.1. The van der Waals surface area contributed by atoms with E-state index in [1.165, 1.54) is 0 Å². The number of benzene rings is 1. The highest BCUT2D eigenvalue weighted by Crippen LogP contribution is 2.34. The van der Waals surface area contributed by atoms with Gasteiger partial charge in [-0.3, -0.25) is 9.59 Å². The van der Waals surface area contributed by atoms with Crippen LogP contribution in [-0.4, -0.2) is 49.1 Å². The molecule has 2 heterocycles. The number of nitrogens with one attached hydrogen (secondary N) is 3. The van der Waals surface area contributed by atoms with E-state index in [0.717, 1.165) is 17.7 Å². The quantitative estimate of drug-likeness (QED) is 0.299. The average Bonchev–Trinajstić information content (AvgIpc) is 3.27. The maximum Gasteiger partial charge on any atom is 0.340 e. The van der Waals surface area contributed by atoms with Crippen molar-refractivity contribution in [1.82, 2.24) is 10.3 Å². The normalized spacial score (nSPS) is 13.7. The molecular weight excluding hydrogens is 410 g/mol. The van der Waals surface area contributed by atoms with E-state index >= 15 is 0 Å². The van der Waals surface area contributed by atoms with Crippen molar-refractivity contribution >= 4 is 35.1 Å². The second-order valence-corrected chi connectivity index (χ2v) is 7.53. The summed E-state index contributed by atoms with van der Waals surface area (Å²) in [6.45, 7) is 7.48. The van der Waals surface area contributed by atoms with E-state index in [1.54, 1.807) is 25.1 Å². The number of fused-ring (bicyclic) bond motifs is 1. The molecule has 1 aliphatic rings. The van der Waals surface area contributed by atoms with E-state index in [0.29, 0.717) is 47.8 Å². The first-order chi connectivity index (χ1) is 15.4. The molecule has 0 atom stereocenters. The maximum absolute atomic E-state index is 12.6. The van der Waals surface area contributed by atoms with Crippen molar-refractivity contribution in [1.29, 1.82) is 0 Å². The van der Waals surface area contributed by atoms with E-state index < -0.39 is 5.97 Å². The molecule has 8 heteroatoms. The second-order valence-electron chi connectivity index (χ2n) is 7.53. The third-order valence-corrected chi connectivity index (χ3v) is 4.92. The smallest absolute Gasteiger partial charge is 0.340 e. The van der Waals surface area contributed by atoms with Gasteiger partial charge in [0.2, 0.25) is 5.91 Å². The molecule has 0 spiro atoms. The SMILES string of the molecule is CCCOCCNC(=O)Cc1ccc2c(c1)/C(=C/c1[nH]c(C)cc1C(=O)OCC)C(=O)N2. The Morgan fingerprint density at radius 3 is 2.72 bits per heavy atom. The number of aryl methyl sites for hydroxylation is 1. The summed E-state index contributed by atoms with van der Waals surface area (Å²) in [4.78, 5) is 40.2. The molecule has 2 amide bonds. The predicted molar refractivity (Wildman–Crippen MR) is 122 cm³/mol. The van der Waals surface area contributed by atoms with Crippen molar-refractivity contribution in [3.8, 4) is 0 Å². The molecule has 1 aromatic heterocycles. The molecule has 0 saturated carbocycles. The highest BCUT2D eigenvalue weighted by Gasteiger charge is 2.26. The first kappa shape index (κ1) is 23.3. The molecule has 3 rings (SSSR count).